The maximum Gasteiger partial charge on any atom is 0.135 e. The fourth-order valence-electron chi connectivity index (χ4n) is 9.47. The number of pyridine rings is 1. The van der Waals surface area contributed by atoms with Crippen LogP contribution in [0.4, 0.5) is 22.7 Å². The number of nitrogens with zero attached hydrogens (tertiary/aromatic N) is 4. The Balaban J connectivity index is 0.00000578. The third-order valence-electron chi connectivity index (χ3n) is 13.9. The van der Waals surface area contributed by atoms with E-state index in [1.165, 1.54) is 33.4 Å². The molecule has 0 unspecified atom stereocenters. The first-order chi connectivity index (χ1) is 32.0. The Morgan fingerprint density at radius 2 is 1.07 bits per heavy atom. The van der Waals surface area contributed by atoms with Crippen molar-refractivity contribution in [3.8, 4) is 17.3 Å². The van der Waals surface area contributed by atoms with Gasteiger partial charge in [0.1, 0.15) is 5.82 Å². The van der Waals surface area contributed by atoms with Crippen LogP contribution in [0.1, 0.15) is 103 Å². The Hall–Kier alpha value is -6.42. The van der Waals surface area contributed by atoms with E-state index in [-0.39, 0.29) is 42.7 Å². The summed E-state index contributed by atoms with van der Waals surface area (Å²) in [5.74, 6) is 2.06. The quantitative estimate of drug-likeness (QED) is 0.135. The molecule has 0 spiro atoms. The van der Waals surface area contributed by atoms with Gasteiger partial charge in [-0.25, -0.2) is 4.98 Å². The molecule has 1 aliphatic rings. The molecule has 2 aromatic heterocycles. The molecule has 68 heavy (non-hydrogen) atoms. The maximum absolute atomic E-state index is 6.72. The number of ether oxygens (including phenoxy) is 1. The van der Waals surface area contributed by atoms with Crippen LogP contribution < -0.4 is 14.5 Å². The summed E-state index contributed by atoms with van der Waals surface area (Å²) < 4.78 is 8.92. The van der Waals surface area contributed by atoms with Gasteiger partial charge < -0.3 is 19.1 Å². The van der Waals surface area contributed by atoms with Crippen molar-refractivity contribution in [3.05, 3.63) is 222 Å². The van der Waals surface area contributed by atoms with Crippen molar-refractivity contribution in [1.82, 2.24) is 9.55 Å². The SMILES string of the molecule is CC(C)(C)c1ccnc(-n2c3[c-]c(Oc4[c-]c(N5[CH-]N(c6cc(C(C)(C)c7ccccc7)cc(C(C)(C)c7ccccc7)c6)c6ccc(C(C)(C)C)cc65)ccc4)ccc3c3ccccc32)c1.[Pt]. The van der Waals surface area contributed by atoms with Gasteiger partial charge in [0.05, 0.1) is 0 Å². The second-order valence-corrected chi connectivity index (χ2v) is 21.2. The van der Waals surface area contributed by atoms with Crippen LogP contribution in [0.2, 0.25) is 0 Å². The van der Waals surface area contributed by atoms with Gasteiger partial charge in [-0.05, 0) is 92.1 Å². The number of hydrogen-bond donors (Lipinski definition) is 0. The minimum atomic E-state index is -0.266. The summed E-state index contributed by atoms with van der Waals surface area (Å²) in [5.41, 5.74) is 13.0. The monoisotopic (exact) mass is 1070 g/mol. The largest absolute Gasteiger partial charge is 0.509 e. The number of rotatable bonds is 9. The second kappa shape index (κ2) is 17.6. The molecule has 9 aromatic rings. The number of hydrogen-bond acceptors (Lipinski definition) is 4. The van der Waals surface area contributed by atoms with Crippen molar-refractivity contribution in [1.29, 1.82) is 0 Å². The van der Waals surface area contributed by atoms with E-state index in [1.54, 1.807) is 0 Å². The Morgan fingerprint density at radius 1 is 0.471 bits per heavy atom. The molecule has 0 N–H and O–H groups in total. The molecule has 0 aliphatic carbocycles. The van der Waals surface area contributed by atoms with Crippen molar-refractivity contribution >= 4 is 44.6 Å². The van der Waals surface area contributed by atoms with Gasteiger partial charge in [0.25, 0.3) is 0 Å². The summed E-state index contributed by atoms with van der Waals surface area (Å²) in [6.07, 6.45) is 1.91. The molecule has 0 amide bonds. The van der Waals surface area contributed by atoms with Gasteiger partial charge >= 0.3 is 0 Å². The Bertz CT molecular complexity index is 3210. The fraction of sp³-hybridized carbons (Fsp3) is 0.226. The molecule has 1 aliphatic heterocycles. The molecule has 0 atom stereocenters. The van der Waals surface area contributed by atoms with Crippen LogP contribution in [0.15, 0.2) is 170 Å². The van der Waals surface area contributed by atoms with Gasteiger partial charge in [-0.3, -0.25) is 0 Å². The molecule has 346 valence electrons. The Morgan fingerprint density at radius 3 is 1.72 bits per heavy atom. The summed E-state index contributed by atoms with van der Waals surface area (Å²) in [6.45, 7) is 25.1. The molecule has 0 radical (unpaired) electrons. The van der Waals surface area contributed by atoms with Crippen LogP contribution in [0.3, 0.4) is 0 Å². The van der Waals surface area contributed by atoms with E-state index >= 15 is 0 Å². The zero-order valence-electron chi connectivity index (χ0n) is 40.8. The molecule has 7 aromatic carbocycles. The third kappa shape index (κ3) is 8.56. The average Bonchev–Trinajstić information content (AvgIpc) is 3.87. The minimum Gasteiger partial charge on any atom is -0.509 e. The molecule has 0 saturated carbocycles. The van der Waals surface area contributed by atoms with Gasteiger partial charge in [0, 0.05) is 72.2 Å². The van der Waals surface area contributed by atoms with Gasteiger partial charge in [-0.1, -0.05) is 166 Å². The molecular formula is C62H59N4OPt-3. The molecular weight excluding hydrogens is 1010 g/mol. The number of fused-ring (bicyclic) bond motifs is 4. The van der Waals surface area contributed by atoms with Crippen molar-refractivity contribution in [2.24, 2.45) is 0 Å². The maximum atomic E-state index is 6.72. The molecule has 6 heteroatoms. The van der Waals surface area contributed by atoms with E-state index in [9.17, 15) is 0 Å². The van der Waals surface area contributed by atoms with E-state index in [2.05, 4.69) is 248 Å². The topological polar surface area (TPSA) is 33.5 Å². The van der Waals surface area contributed by atoms with Crippen molar-refractivity contribution in [3.63, 3.8) is 0 Å². The summed E-state index contributed by atoms with van der Waals surface area (Å²) in [4.78, 5) is 9.48. The molecule has 5 nitrogen and oxygen atoms in total. The third-order valence-corrected chi connectivity index (χ3v) is 13.9. The van der Waals surface area contributed by atoms with Gasteiger partial charge in [0.2, 0.25) is 0 Å². The van der Waals surface area contributed by atoms with Crippen LogP contribution in [-0.2, 0) is 42.7 Å². The van der Waals surface area contributed by atoms with E-state index in [1.807, 2.05) is 24.4 Å². The number of aromatic nitrogens is 2. The Labute approximate surface area is 417 Å². The van der Waals surface area contributed by atoms with E-state index in [0.29, 0.717) is 11.5 Å². The summed E-state index contributed by atoms with van der Waals surface area (Å²) >= 11 is 0. The first kappa shape index (κ1) is 46.7. The van der Waals surface area contributed by atoms with Gasteiger partial charge in [-0.2, -0.15) is 12.1 Å². The smallest absolute Gasteiger partial charge is 0.135 e. The molecule has 3 heterocycles. The van der Waals surface area contributed by atoms with Crippen LogP contribution in [-0.4, -0.2) is 9.55 Å². The molecule has 0 saturated heterocycles. The van der Waals surface area contributed by atoms with Crippen LogP contribution >= 0.6 is 0 Å². The van der Waals surface area contributed by atoms with Gasteiger partial charge in [-0.15, -0.1) is 48.1 Å². The van der Waals surface area contributed by atoms with Crippen molar-refractivity contribution in [2.45, 2.75) is 90.9 Å². The Kier molecular flexibility index (Phi) is 12.1. The van der Waals surface area contributed by atoms with Crippen LogP contribution in [0, 0.1) is 18.8 Å². The van der Waals surface area contributed by atoms with E-state index in [0.717, 1.165) is 50.4 Å². The zero-order valence-corrected chi connectivity index (χ0v) is 43.0. The molecule has 10 rings (SSSR count). The zero-order chi connectivity index (χ0) is 46.9. The fourth-order valence-corrected chi connectivity index (χ4v) is 9.47. The number of benzene rings is 7. The minimum absolute atomic E-state index is 0. The number of anilines is 4. The second-order valence-electron chi connectivity index (χ2n) is 21.2. The number of para-hydroxylation sites is 1. The average molecular weight is 1070 g/mol. The summed E-state index contributed by atoms with van der Waals surface area (Å²) in [7, 11) is 0. The van der Waals surface area contributed by atoms with Gasteiger partial charge in [0.15, 0.2) is 0 Å². The van der Waals surface area contributed by atoms with Crippen LogP contribution in [0.25, 0.3) is 27.6 Å². The molecule has 0 fully saturated rings. The molecule has 0 bridgehead atoms. The van der Waals surface area contributed by atoms with E-state index < -0.39 is 0 Å². The normalized spacial score (nSPS) is 13.2. The predicted molar refractivity (Wildman–Crippen MR) is 279 cm³/mol. The predicted octanol–water partition coefficient (Wildman–Crippen LogP) is 16.2. The van der Waals surface area contributed by atoms with E-state index in [4.69, 9.17) is 9.72 Å². The first-order valence-electron chi connectivity index (χ1n) is 23.4. The standard InChI is InChI=1S/C62H59N4O.Pt/c1-59(2,3)44-28-31-55-57(37-44)64(41-65(55)49-35-46(61(7,8)42-20-13-11-14-21-42)34-47(36-49)62(9,10)43-22-15-12-16-23-43)48-24-19-25-50(39-48)67-51-29-30-53-52-26-17-18-27-54(52)66(56(53)40-51)58-38-45(32-33-63-58)60(4,5)6;/h11-38,41H,1-10H3;/q-3;. The summed E-state index contributed by atoms with van der Waals surface area (Å²) in [6, 6.07) is 66.1. The van der Waals surface area contributed by atoms with Crippen molar-refractivity contribution in [2.75, 3.05) is 9.80 Å². The van der Waals surface area contributed by atoms with Crippen LogP contribution in [0.5, 0.6) is 11.5 Å². The first-order valence-corrected chi connectivity index (χ1v) is 23.4. The van der Waals surface area contributed by atoms with Crippen molar-refractivity contribution < 1.29 is 25.8 Å². The summed E-state index contributed by atoms with van der Waals surface area (Å²) in [5, 5.41) is 2.23.